The molecule has 21 heavy (non-hydrogen) atoms. The van der Waals surface area contributed by atoms with Crippen molar-refractivity contribution >= 4 is 0 Å². The highest BCUT2D eigenvalue weighted by molar-refractivity contribution is 5.30. The lowest BCUT2D eigenvalue weighted by molar-refractivity contribution is 0.286. The van der Waals surface area contributed by atoms with Crippen LogP contribution in [0.2, 0.25) is 0 Å². The Morgan fingerprint density at radius 1 is 1.38 bits per heavy atom. The lowest BCUT2D eigenvalue weighted by Crippen LogP contribution is -2.31. The summed E-state index contributed by atoms with van der Waals surface area (Å²) in [7, 11) is 5.80. The van der Waals surface area contributed by atoms with Crippen LogP contribution < -0.4 is 10.1 Å². The number of ether oxygens (including phenoxy) is 1. The van der Waals surface area contributed by atoms with Gasteiger partial charge in [-0.15, -0.1) is 0 Å². The molecule has 0 aliphatic rings. The summed E-state index contributed by atoms with van der Waals surface area (Å²) in [6.07, 6.45) is 0. The average Bonchev–Trinajstić information content (AvgIpc) is 2.89. The molecular weight excluding hydrogens is 268 g/mol. The summed E-state index contributed by atoms with van der Waals surface area (Å²) in [5, 5.41) is 7.24. The van der Waals surface area contributed by atoms with Crippen molar-refractivity contribution in [3.05, 3.63) is 41.5 Å². The molecule has 0 aliphatic heterocycles. The van der Waals surface area contributed by atoms with Gasteiger partial charge in [-0.05, 0) is 31.8 Å². The quantitative estimate of drug-likeness (QED) is 0.838. The molecule has 2 aromatic rings. The molecule has 1 unspecified atom stereocenters. The molecule has 0 spiro atoms. The van der Waals surface area contributed by atoms with E-state index >= 15 is 0 Å². The Kier molecular flexibility index (Phi) is 5.30. The Labute approximate surface area is 125 Å². The Morgan fingerprint density at radius 2 is 2.19 bits per heavy atom. The van der Waals surface area contributed by atoms with E-state index in [2.05, 4.69) is 46.6 Å². The van der Waals surface area contributed by atoms with Crippen LogP contribution in [0.15, 0.2) is 28.8 Å². The number of aryl methyl sites for hydroxylation is 1. The van der Waals surface area contributed by atoms with Gasteiger partial charge in [0.15, 0.2) is 5.82 Å². The lowest BCUT2D eigenvalue weighted by atomic mass is 10.1. The topological polar surface area (TPSA) is 63.4 Å². The van der Waals surface area contributed by atoms with Gasteiger partial charge >= 0.3 is 0 Å². The van der Waals surface area contributed by atoms with E-state index in [0.29, 0.717) is 18.3 Å². The molecule has 0 fully saturated rings. The molecule has 0 saturated carbocycles. The van der Waals surface area contributed by atoms with Gasteiger partial charge in [0.25, 0.3) is 0 Å². The van der Waals surface area contributed by atoms with Crippen molar-refractivity contribution in [1.29, 1.82) is 0 Å². The third-order valence-corrected chi connectivity index (χ3v) is 3.29. The normalized spacial score (nSPS) is 12.6. The lowest BCUT2D eigenvalue weighted by Gasteiger charge is -2.25. The van der Waals surface area contributed by atoms with Crippen LogP contribution in [-0.4, -0.2) is 42.8 Å². The zero-order valence-electron chi connectivity index (χ0n) is 13.0. The van der Waals surface area contributed by atoms with E-state index in [0.717, 1.165) is 12.3 Å². The minimum absolute atomic E-state index is 0.244. The molecule has 2 rings (SSSR count). The van der Waals surface area contributed by atoms with Gasteiger partial charge in [0.1, 0.15) is 5.75 Å². The summed E-state index contributed by atoms with van der Waals surface area (Å²) in [5.74, 6) is 2.13. The molecule has 1 N–H and O–H groups in total. The van der Waals surface area contributed by atoms with Crippen LogP contribution in [0.3, 0.4) is 0 Å². The van der Waals surface area contributed by atoms with Crippen LogP contribution in [0, 0.1) is 6.92 Å². The summed E-state index contributed by atoms with van der Waals surface area (Å²) in [5.41, 5.74) is 1.20. The Hall–Kier alpha value is -1.92. The number of nitrogens with one attached hydrogen (secondary N) is 1. The molecule has 6 nitrogen and oxygen atoms in total. The summed E-state index contributed by atoms with van der Waals surface area (Å²) in [6, 6.07) is 8.37. The molecule has 0 bridgehead atoms. The fraction of sp³-hybridized carbons (Fsp3) is 0.467. The van der Waals surface area contributed by atoms with E-state index in [1.165, 1.54) is 5.56 Å². The predicted octanol–water partition coefficient (Wildman–Crippen LogP) is 1.78. The zero-order chi connectivity index (χ0) is 15.2. The number of nitrogens with zero attached hydrogens (tertiary/aromatic N) is 3. The second-order valence-electron chi connectivity index (χ2n) is 5.12. The summed E-state index contributed by atoms with van der Waals surface area (Å²) in [4.78, 5) is 6.35. The molecule has 1 aromatic carbocycles. The van der Waals surface area contributed by atoms with Crippen molar-refractivity contribution < 1.29 is 9.26 Å². The minimum atomic E-state index is 0.244. The number of aromatic nitrogens is 2. The fourth-order valence-corrected chi connectivity index (χ4v) is 2.18. The fourth-order valence-electron chi connectivity index (χ4n) is 2.18. The number of likely N-dealkylation sites (N-methyl/N-ethyl adjacent to an activating group) is 1. The van der Waals surface area contributed by atoms with Gasteiger partial charge in [-0.1, -0.05) is 17.3 Å². The minimum Gasteiger partial charge on any atom is -0.497 e. The van der Waals surface area contributed by atoms with Crippen LogP contribution in [0.25, 0.3) is 0 Å². The molecule has 0 aliphatic carbocycles. The maximum atomic E-state index is 5.29. The number of rotatable bonds is 7. The first-order valence-corrected chi connectivity index (χ1v) is 6.90. The third kappa shape index (κ3) is 4.27. The highest BCUT2D eigenvalue weighted by Crippen LogP contribution is 2.22. The van der Waals surface area contributed by atoms with Gasteiger partial charge in [-0.2, -0.15) is 4.98 Å². The van der Waals surface area contributed by atoms with Crippen molar-refractivity contribution in [2.45, 2.75) is 19.5 Å². The van der Waals surface area contributed by atoms with E-state index in [9.17, 15) is 0 Å². The standard InChI is InChI=1S/C15H22N4O2/c1-11-17-15(18-21-11)10-16-9-14(19(2)3)12-6-5-7-13(8-12)20-4/h5-8,14,16H,9-10H2,1-4H3. The van der Waals surface area contributed by atoms with Crippen molar-refractivity contribution in [2.75, 3.05) is 27.7 Å². The van der Waals surface area contributed by atoms with Gasteiger partial charge in [0, 0.05) is 19.5 Å². The molecule has 6 heteroatoms. The maximum absolute atomic E-state index is 5.29. The molecule has 114 valence electrons. The second kappa shape index (κ2) is 7.19. The van der Waals surface area contributed by atoms with Gasteiger partial charge in [0.05, 0.1) is 13.7 Å². The monoisotopic (exact) mass is 290 g/mol. The average molecular weight is 290 g/mol. The second-order valence-corrected chi connectivity index (χ2v) is 5.12. The van der Waals surface area contributed by atoms with Crippen LogP contribution in [-0.2, 0) is 6.54 Å². The van der Waals surface area contributed by atoms with Crippen molar-refractivity contribution in [3.63, 3.8) is 0 Å². The maximum Gasteiger partial charge on any atom is 0.223 e. The van der Waals surface area contributed by atoms with Gasteiger partial charge < -0.3 is 19.5 Å². The molecule has 0 saturated heterocycles. The van der Waals surface area contributed by atoms with Gasteiger partial charge in [0.2, 0.25) is 5.89 Å². The van der Waals surface area contributed by atoms with E-state index in [1.54, 1.807) is 14.0 Å². The smallest absolute Gasteiger partial charge is 0.223 e. The largest absolute Gasteiger partial charge is 0.497 e. The Morgan fingerprint density at radius 3 is 2.81 bits per heavy atom. The van der Waals surface area contributed by atoms with E-state index in [1.807, 2.05) is 12.1 Å². The summed E-state index contributed by atoms with van der Waals surface area (Å²) < 4.78 is 10.2. The third-order valence-electron chi connectivity index (χ3n) is 3.29. The van der Waals surface area contributed by atoms with E-state index in [-0.39, 0.29) is 6.04 Å². The van der Waals surface area contributed by atoms with Crippen LogP contribution in [0.5, 0.6) is 5.75 Å². The first-order valence-electron chi connectivity index (χ1n) is 6.90. The number of methoxy groups -OCH3 is 1. The van der Waals surface area contributed by atoms with Crippen molar-refractivity contribution in [1.82, 2.24) is 20.4 Å². The van der Waals surface area contributed by atoms with Gasteiger partial charge in [-0.3, -0.25) is 0 Å². The van der Waals surface area contributed by atoms with E-state index in [4.69, 9.17) is 9.26 Å². The molecule has 0 radical (unpaired) electrons. The van der Waals surface area contributed by atoms with Gasteiger partial charge in [-0.25, -0.2) is 0 Å². The molecule has 1 aromatic heterocycles. The predicted molar refractivity (Wildman–Crippen MR) is 80.2 cm³/mol. The summed E-state index contributed by atoms with van der Waals surface area (Å²) in [6.45, 7) is 3.16. The highest BCUT2D eigenvalue weighted by atomic mass is 16.5. The first-order chi connectivity index (χ1) is 10.1. The highest BCUT2D eigenvalue weighted by Gasteiger charge is 2.14. The number of benzene rings is 1. The van der Waals surface area contributed by atoms with Crippen LogP contribution in [0.1, 0.15) is 23.3 Å². The Bertz CT molecular complexity index is 568. The number of hydrogen-bond donors (Lipinski definition) is 1. The SMILES string of the molecule is COc1cccc(C(CNCc2noc(C)n2)N(C)C)c1. The van der Waals surface area contributed by atoms with Crippen molar-refractivity contribution in [2.24, 2.45) is 0 Å². The molecule has 1 atom stereocenters. The molecular formula is C15H22N4O2. The first kappa shape index (κ1) is 15.5. The summed E-state index contributed by atoms with van der Waals surface area (Å²) >= 11 is 0. The zero-order valence-corrected chi connectivity index (χ0v) is 13.0. The van der Waals surface area contributed by atoms with Crippen molar-refractivity contribution in [3.8, 4) is 5.75 Å². The van der Waals surface area contributed by atoms with E-state index < -0.39 is 0 Å². The van der Waals surface area contributed by atoms with Crippen LogP contribution in [0.4, 0.5) is 0 Å². The molecule has 1 heterocycles. The van der Waals surface area contributed by atoms with Crippen LogP contribution >= 0.6 is 0 Å². The number of hydrogen-bond acceptors (Lipinski definition) is 6. The Balaban J connectivity index is 1.98. The molecule has 0 amide bonds.